The topological polar surface area (TPSA) is 70.7 Å². The van der Waals surface area contributed by atoms with Crippen molar-refractivity contribution in [1.82, 2.24) is 15.5 Å². The number of nitrogens with zero attached hydrogens (tertiary/aromatic N) is 1. The highest BCUT2D eigenvalue weighted by Gasteiger charge is 2.28. The summed E-state index contributed by atoms with van der Waals surface area (Å²) in [4.78, 5) is 25.7. The maximum Gasteiger partial charge on any atom is 0.317 e. The average molecular weight is 333 g/mol. The molecule has 3 amide bonds. The SMILES string of the molecule is CCNC(=O)N1CCCC1COc1ccc(C(=O)NC(C)C)cc1. The Morgan fingerprint density at radius 2 is 2.00 bits per heavy atom. The lowest BCUT2D eigenvalue weighted by atomic mass is 10.2. The Hall–Kier alpha value is -2.24. The van der Waals surface area contributed by atoms with Crippen molar-refractivity contribution in [3.8, 4) is 5.75 Å². The predicted molar refractivity (Wildman–Crippen MR) is 93.3 cm³/mol. The molecule has 0 saturated carbocycles. The Bertz CT molecular complexity index is 557. The zero-order valence-electron chi connectivity index (χ0n) is 14.7. The average Bonchev–Trinajstić information content (AvgIpc) is 3.01. The number of benzene rings is 1. The lowest BCUT2D eigenvalue weighted by Gasteiger charge is -2.24. The molecule has 1 atom stereocenters. The first-order valence-corrected chi connectivity index (χ1v) is 8.59. The van der Waals surface area contributed by atoms with Gasteiger partial charge in [-0.2, -0.15) is 0 Å². The Balaban J connectivity index is 1.88. The number of likely N-dealkylation sites (tertiary alicyclic amines) is 1. The van der Waals surface area contributed by atoms with Gasteiger partial charge < -0.3 is 20.3 Å². The van der Waals surface area contributed by atoms with Crippen molar-refractivity contribution in [3.63, 3.8) is 0 Å². The predicted octanol–water partition coefficient (Wildman–Crippen LogP) is 2.40. The molecule has 1 fully saturated rings. The number of carbonyl (C=O) groups is 2. The van der Waals surface area contributed by atoms with Crippen LogP contribution in [-0.2, 0) is 0 Å². The summed E-state index contributed by atoms with van der Waals surface area (Å²) in [6.45, 7) is 7.64. The number of carbonyl (C=O) groups excluding carboxylic acids is 2. The van der Waals surface area contributed by atoms with Crippen LogP contribution in [0.3, 0.4) is 0 Å². The Morgan fingerprint density at radius 1 is 1.29 bits per heavy atom. The lowest BCUT2D eigenvalue weighted by Crippen LogP contribution is -2.44. The quantitative estimate of drug-likeness (QED) is 0.840. The molecular weight excluding hydrogens is 306 g/mol. The van der Waals surface area contributed by atoms with Crippen molar-refractivity contribution in [3.05, 3.63) is 29.8 Å². The molecule has 1 aliphatic heterocycles. The van der Waals surface area contributed by atoms with Gasteiger partial charge in [-0.3, -0.25) is 4.79 Å². The van der Waals surface area contributed by atoms with E-state index in [1.54, 1.807) is 24.3 Å². The van der Waals surface area contributed by atoms with E-state index < -0.39 is 0 Å². The molecule has 1 aliphatic rings. The molecule has 1 aromatic carbocycles. The van der Waals surface area contributed by atoms with E-state index in [9.17, 15) is 9.59 Å². The van der Waals surface area contributed by atoms with Crippen LogP contribution in [0.4, 0.5) is 4.79 Å². The molecule has 0 spiro atoms. The zero-order chi connectivity index (χ0) is 17.5. The van der Waals surface area contributed by atoms with Crippen LogP contribution in [-0.4, -0.2) is 48.6 Å². The van der Waals surface area contributed by atoms with Gasteiger partial charge in [-0.05, 0) is 57.9 Å². The monoisotopic (exact) mass is 333 g/mol. The summed E-state index contributed by atoms with van der Waals surface area (Å²) in [5, 5.41) is 5.69. The van der Waals surface area contributed by atoms with Gasteiger partial charge in [0.1, 0.15) is 12.4 Å². The van der Waals surface area contributed by atoms with E-state index in [1.807, 2.05) is 25.7 Å². The molecule has 132 valence electrons. The lowest BCUT2D eigenvalue weighted by molar-refractivity contribution is 0.0943. The van der Waals surface area contributed by atoms with Gasteiger partial charge in [-0.15, -0.1) is 0 Å². The number of rotatable bonds is 6. The molecule has 0 aromatic heterocycles. The first-order valence-electron chi connectivity index (χ1n) is 8.59. The molecule has 6 nitrogen and oxygen atoms in total. The maximum atomic E-state index is 12.0. The van der Waals surface area contributed by atoms with Gasteiger partial charge in [0.2, 0.25) is 0 Å². The van der Waals surface area contributed by atoms with Gasteiger partial charge in [-0.25, -0.2) is 4.79 Å². The summed E-state index contributed by atoms with van der Waals surface area (Å²) < 4.78 is 5.81. The number of hydrogen-bond donors (Lipinski definition) is 2. The van der Waals surface area contributed by atoms with Crippen molar-refractivity contribution < 1.29 is 14.3 Å². The van der Waals surface area contributed by atoms with E-state index in [0.29, 0.717) is 24.5 Å². The van der Waals surface area contributed by atoms with Gasteiger partial charge >= 0.3 is 6.03 Å². The summed E-state index contributed by atoms with van der Waals surface area (Å²) in [6, 6.07) is 7.27. The minimum Gasteiger partial charge on any atom is -0.491 e. The summed E-state index contributed by atoms with van der Waals surface area (Å²) >= 11 is 0. The third kappa shape index (κ3) is 4.88. The van der Waals surface area contributed by atoms with Gasteiger partial charge in [0, 0.05) is 24.7 Å². The van der Waals surface area contributed by atoms with Gasteiger partial charge in [0.05, 0.1) is 6.04 Å². The van der Waals surface area contributed by atoms with Gasteiger partial charge in [0.25, 0.3) is 5.91 Å². The Morgan fingerprint density at radius 3 is 2.62 bits per heavy atom. The fourth-order valence-corrected chi connectivity index (χ4v) is 2.77. The van der Waals surface area contributed by atoms with Gasteiger partial charge in [0.15, 0.2) is 0 Å². The van der Waals surface area contributed by atoms with Crippen LogP contribution in [0.15, 0.2) is 24.3 Å². The number of urea groups is 1. The third-order valence-corrected chi connectivity index (χ3v) is 3.94. The van der Waals surface area contributed by atoms with Gasteiger partial charge in [-0.1, -0.05) is 0 Å². The molecule has 6 heteroatoms. The third-order valence-electron chi connectivity index (χ3n) is 3.94. The molecule has 0 aliphatic carbocycles. The highest BCUT2D eigenvalue weighted by molar-refractivity contribution is 5.94. The van der Waals surface area contributed by atoms with Crippen LogP contribution in [0.1, 0.15) is 44.0 Å². The molecule has 0 radical (unpaired) electrons. The molecule has 2 N–H and O–H groups in total. The van der Waals surface area contributed by atoms with Crippen molar-refractivity contribution >= 4 is 11.9 Å². The molecular formula is C18H27N3O3. The van der Waals surface area contributed by atoms with Crippen LogP contribution in [0.5, 0.6) is 5.75 Å². The molecule has 0 bridgehead atoms. The molecule has 1 saturated heterocycles. The fourth-order valence-electron chi connectivity index (χ4n) is 2.77. The molecule has 24 heavy (non-hydrogen) atoms. The first-order chi connectivity index (χ1) is 11.5. The zero-order valence-corrected chi connectivity index (χ0v) is 14.7. The minimum atomic E-state index is -0.0882. The largest absolute Gasteiger partial charge is 0.491 e. The van der Waals surface area contributed by atoms with Crippen LogP contribution in [0, 0.1) is 0 Å². The highest BCUT2D eigenvalue weighted by atomic mass is 16.5. The van der Waals surface area contributed by atoms with E-state index in [2.05, 4.69) is 10.6 Å². The highest BCUT2D eigenvalue weighted by Crippen LogP contribution is 2.19. The Labute approximate surface area is 143 Å². The first kappa shape index (κ1) is 18.1. The molecule has 1 heterocycles. The summed E-state index contributed by atoms with van der Waals surface area (Å²) in [7, 11) is 0. The van der Waals surface area contributed by atoms with E-state index in [1.165, 1.54) is 0 Å². The second-order valence-corrected chi connectivity index (χ2v) is 6.29. The number of ether oxygens (including phenoxy) is 1. The number of amides is 3. The second kappa shape index (κ2) is 8.57. The van der Waals surface area contributed by atoms with E-state index >= 15 is 0 Å². The normalized spacial score (nSPS) is 17.0. The summed E-state index contributed by atoms with van der Waals surface area (Å²) in [6.07, 6.45) is 1.95. The molecule has 2 rings (SSSR count). The van der Waals surface area contributed by atoms with Crippen molar-refractivity contribution in [2.45, 2.75) is 45.7 Å². The molecule has 1 unspecified atom stereocenters. The van der Waals surface area contributed by atoms with Crippen LogP contribution in [0.25, 0.3) is 0 Å². The van der Waals surface area contributed by atoms with E-state index in [-0.39, 0.29) is 24.0 Å². The summed E-state index contributed by atoms with van der Waals surface area (Å²) in [5.74, 6) is 0.619. The van der Waals surface area contributed by atoms with Crippen LogP contribution >= 0.6 is 0 Å². The van der Waals surface area contributed by atoms with Crippen molar-refractivity contribution in [2.75, 3.05) is 19.7 Å². The van der Waals surface area contributed by atoms with Crippen molar-refractivity contribution in [1.29, 1.82) is 0 Å². The second-order valence-electron chi connectivity index (χ2n) is 6.29. The van der Waals surface area contributed by atoms with Crippen molar-refractivity contribution in [2.24, 2.45) is 0 Å². The standard InChI is InChI=1S/C18H27N3O3/c1-4-19-18(23)21-11-5-6-15(21)12-24-16-9-7-14(8-10-16)17(22)20-13(2)3/h7-10,13,15H,4-6,11-12H2,1-3H3,(H,19,23)(H,20,22). The van der Waals surface area contributed by atoms with E-state index in [4.69, 9.17) is 4.74 Å². The number of hydrogen-bond acceptors (Lipinski definition) is 3. The molecule has 1 aromatic rings. The van der Waals surface area contributed by atoms with Crippen LogP contribution in [0.2, 0.25) is 0 Å². The number of nitrogens with one attached hydrogen (secondary N) is 2. The smallest absolute Gasteiger partial charge is 0.317 e. The van der Waals surface area contributed by atoms with Crippen LogP contribution < -0.4 is 15.4 Å². The summed E-state index contributed by atoms with van der Waals surface area (Å²) in [5.41, 5.74) is 0.612. The Kier molecular flexibility index (Phi) is 6.46. The van der Waals surface area contributed by atoms with E-state index in [0.717, 1.165) is 19.4 Å². The minimum absolute atomic E-state index is 0.0238. The maximum absolute atomic E-state index is 12.0. The fraction of sp³-hybridized carbons (Fsp3) is 0.556.